The standard InChI is InChI=1S/C12H16O3Si/c1-3-9(2)16-8-15-11-7-5-4-6-10(11)12(13)14/h3-7H,8,16H2,1-2H3,(H,13,14). The molecule has 0 radical (unpaired) electrons. The third kappa shape index (κ3) is 3.55. The quantitative estimate of drug-likeness (QED) is 0.793. The molecule has 0 unspecified atom stereocenters. The van der Waals surface area contributed by atoms with Gasteiger partial charge in [-0.1, -0.05) is 23.4 Å². The van der Waals surface area contributed by atoms with Gasteiger partial charge in [-0.25, -0.2) is 4.79 Å². The predicted octanol–water partition coefficient (Wildman–Crippen LogP) is 1.81. The molecule has 0 bridgehead atoms. The first kappa shape index (κ1) is 12.5. The number of para-hydroxylation sites is 1. The first-order valence-electron chi connectivity index (χ1n) is 5.22. The zero-order valence-electron chi connectivity index (χ0n) is 9.56. The van der Waals surface area contributed by atoms with Crippen LogP contribution in [0.25, 0.3) is 0 Å². The second-order valence-electron chi connectivity index (χ2n) is 3.53. The van der Waals surface area contributed by atoms with Gasteiger partial charge in [0.25, 0.3) is 0 Å². The molecule has 0 aliphatic carbocycles. The van der Waals surface area contributed by atoms with Gasteiger partial charge >= 0.3 is 5.97 Å². The summed E-state index contributed by atoms with van der Waals surface area (Å²) in [6.45, 7) is 4.09. The summed E-state index contributed by atoms with van der Waals surface area (Å²) < 4.78 is 5.51. The van der Waals surface area contributed by atoms with Crippen molar-refractivity contribution < 1.29 is 14.6 Å². The van der Waals surface area contributed by atoms with Gasteiger partial charge in [-0.15, -0.1) is 0 Å². The summed E-state index contributed by atoms with van der Waals surface area (Å²) in [6.07, 6.45) is 2.72. The number of aromatic carboxylic acids is 1. The Hall–Kier alpha value is -1.55. The molecule has 86 valence electrons. The van der Waals surface area contributed by atoms with E-state index in [1.54, 1.807) is 24.3 Å². The molecule has 0 aliphatic heterocycles. The molecule has 16 heavy (non-hydrogen) atoms. The topological polar surface area (TPSA) is 46.5 Å². The smallest absolute Gasteiger partial charge is 0.339 e. The average molecular weight is 236 g/mol. The number of benzene rings is 1. The van der Waals surface area contributed by atoms with Gasteiger partial charge in [0.1, 0.15) is 11.3 Å². The van der Waals surface area contributed by atoms with E-state index in [1.807, 2.05) is 6.92 Å². The lowest BCUT2D eigenvalue weighted by atomic mass is 10.2. The first-order chi connectivity index (χ1) is 7.65. The molecule has 3 nitrogen and oxygen atoms in total. The van der Waals surface area contributed by atoms with Gasteiger partial charge in [0.05, 0.1) is 15.7 Å². The fraction of sp³-hybridized carbons (Fsp3) is 0.250. The van der Waals surface area contributed by atoms with E-state index in [0.717, 1.165) is 0 Å². The van der Waals surface area contributed by atoms with Crippen molar-refractivity contribution in [2.24, 2.45) is 0 Å². The van der Waals surface area contributed by atoms with Gasteiger partial charge in [0.2, 0.25) is 0 Å². The lowest BCUT2D eigenvalue weighted by molar-refractivity contribution is 0.0693. The summed E-state index contributed by atoms with van der Waals surface area (Å²) in [4.78, 5) is 10.9. The van der Waals surface area contributed by atoms with Crippen LogP contribution in [-0.2, 0) is 0 Å². The lowest BCUT2D eigenvalue weighted by Crippen LogP contribution is -2.10. The van der Waals surface area contributed by atoms with Gasteiger partial charge in [-0.05, 0) is 26.0 Å². The van der Waals surface area contributed by atoms with Gasteiger partial charge in [0, 0.05) is 0 Å². The highest BCUT2D eigenvalue weighted by Gasteiger charge is 2.09. The second kappa shape index (κ2) is 6.12. The summed E-state index contributed by atoms with van der Waals surface area (Å²) in [6, 6.07) is 6.74. The highest BCUT2D eigenvalue weighted by Crippen LogP contribution is 2.17. The predicted molar refractivity (Wildman–Crippen MR) is 66.9 cm³/mol. The first-order valence-corrected chi connectivity index (χ1v) is 6.92. The van der Waals surface area contributed by atoms with Crippen LogP contribution in [0.4, 0.5) is 0 Å². The molecule has 0 amide bonds. The van der Waals surface area contributed by atoms with Crippen LogP contribution in [0.5, 0.6) is 5.75 Å². The van der Waals surface area contributed by atoms with Crippen LogP contribution in [0.1, 0.15) is 24.2 Å². The van der Waals surface area contributed by atoms with E-state index >= 15 is 0 Å². The van der Waals surface area contributed by atoms with Crippen LogP contribution in [0.2, 0.25) is 0 Å². The zero-order valence-corrected chi connectivity index (χ0v) is 11.0. The molecule has 0 spiro atoms. The number of rotatable bonds is 5. The Labute approximate surface area is 97.6 Å². The molecule has 0 aromatic heterocycles. The summed E-state index contributed by atoms with van der Waals surface area (Å²) in [7, 11) is -0.403. The molecule has 1 N–H and O–H groups in total. The van der Waals surface area contributed by atoms with Crippen LogP contribution in [0.15, 0.2) is 35.5 Å². The van der Waals surface area contributed by atoms with Crippen LogP contribution < -0.4 is 4.74 Å². The molecular formula is C12H16O3Si. The van der Waals surface area contributed by atoms with E-state index < -0.39 is 15.5 Å². The maximum absolute atomic E-state index is 10.9. The van der Waals surface area contributed by atoms with Crippen molar-refractivity contribution in [1.82, 2.24) is 0 Å². The Balaban J connectivity index is 2.63. The molecule has 1 aromatic carbocycles. The molecule has 0 saturated carbocycles. The number of carbonyl (C=O) groups is 1. The molecule has 0 heterocycles. The van der Waals surface area contributed by atoms with Crippen molar-refractivity contribution >= 4 is 15.5 Å². The third-order valence-corrected chi connectivity index (χ3v) is 3.97. The molecule has 0 saturated heterocycles. The summed E-state index contributed by atoms with van der Waals surface area (Å²) >= 11 is 0. The normalized spacial score (nSPS) is 12.0. The van der Waals surface area contributed by atoms with Crippen molar-refractivity contribution in [3.8, 4) is 5.75 Å². The van der Waals surface area contributed by atoms with E-state index in [1.165, 1.54) is 5.20 Å². The van der Waals surface area contributed by atoms with Gasteiger partial charge in [0.15, 0.2) is 0 Å². The van der Waals surface area contributed by atoms with Crippen LogP contribution in [-0.4, -0.2) is 26.8 Å². The Kier molecular flexibility index (Phi) is 4.79. The van der Waals surface area contributed by atoms with Crippen molar-refractivity contribution in [2.75, 3.05) is 6.23 Å². The number of hydrogen-bond donors (Lipinski definition) is 1. The average Bonchev–Trinajstić information content (AvgIpc) is 2.29. The number of carboxylic acid groups (broad SMARTS) is 1. The van der Waals surface area contributed by atoms with Crippen LogP contribution in [0, 0.1) is 0 Å². The molecule has 0 atom stereocenters. The molecule has 4 heteroatoms. The maximum Gasteiger partial charge on any atom is 0.339 e. The van der Waals surface area contributed by atoms with E-state index in [4.69, 9.17) is 9.84 Å². The molecular weight excluding hydrogens is 220 g/mol. The van der Waals surface area contributed by atoms with E-state index in [2.05, 4.69) is 13.0 Å². The zero-order chi connectivity index (χ0) is 12.0. The summed E-state index contributed by atoms with van der Waals surface area (Å²) in [5, 5.41) is 10.3. The molecule has 0 aliphatic rings. The second-order valence-corrected chi connectivity index (χ2v) is 5.56. The van der Waals surface area contributed by atoms with Crippen molar-refractivity contribution in [3.63, 3.8) is 0 Å². The molecule has 1 aromatic rings. The van der Waals surface area contributed by atoms with Crippen LogP contribution in [0.3, 0.4) is 0 Å². The minimum absolute atomic E-state index is 0.231. The highest BCUT2D eigenvalue weighted by molar-refractivity contribution is 6.44. The SMILES string of the molecule is CC=C(C)[SiH2]COc1ccccc1C(=O)O. The largest absolute Gasteiger partial charge is 0.497 e. The van der Waals surface area contributed by atoms with E-state index in [0.29, 0.717) is 12.0 Å². The van der Waals surface area contributed by atoms with Crippen LogP contribution >= 0.6 is 0 Å². The lowest BCUT2D eigenvalue weighted by Gasteiger charge is -2.08. The van der Waals surface area contributed by atoms with Crippen molar-refractivity contribution in [3.05, 3.63) is 41.1 Å². The minimum atomic E-state index is -0.944. The Morgan fingerprint density at radius 2 is 2.19 bits per heavy atom. The highest BCUT2D eigenvalue weighted by atomic mass is 28.2. The Morgan fingerprint density at radius 1 is 1.50 bits per heavy atom. The summed E-state index contributed by atoms with van der Waals surface area (Å²) in [5.41, 5.74) is 0.231. The number of carboxylic acids is 1. The van der Waals surface area contributed by atoms with E-state index in [-0.39, 0.29) is 5.56 Å². The number of allylic oxidation sites excluding steroid dienone is 2. The van der Waals surface area contributed by atoms with Gasteiger partial charge in [-0.2, -0.15) is 0 Å². The minimum Gasteiger partial charge on any atom is -0.497 e. The fourth-order valence-corrected chi connectivity index (χ4v) is 2.17. The van der Waals surface area contributed by atoms with Gasteiger partial charge < -0.3 is 9.84 Å². The van der Waals surface area contributed by atoms with Gasteiger partial charge in [-0.3, -0.25) is 0 Å². The Morgan fingerprint density at radius 3 is 2.81 bits per heavy atom. The Bertz CT molecular complexity index is 399. The van der Waals surface area contributed by atoms with E-state index in [9.17, 15) is 4.79 Å². The number of ether oxygens (including phenoxy) is 1. The third-order valence-electron chi connectivity index (χ3n) is 2.36. The molecule has 1 rings (SSSR count). The fourth-order valence-electron chi connectivity index (χ4n) is 1.24. The molecule has 0 fully saturated rings. The van der Waals surface area contributed by atoms with Crippen molar-refractivity contribution in [2.45, 2.75) is 13.8 Å². The number of hydrogen-bond acceptors (Lipinski definition) is 2. The van der Waals surface area contributed by atoms with Crippen molar-refractivity contribution in [1.29, 1.82) is 0 Å². The summed E-state index contributed by atoms with van der Waals surface area (Å²) in [5.74, 6) is -0.480. The maximum atomic E-state index is 10.9. The monoisotopic (exact) mass is 236 g/mol.